The molecule has 1 aromatic carbocycles. The van der Waals surface area contributed by atoms with Crippen LogP contribution in [0.3, 0.4) is 0 Å². The van der Waals surface area contributed by atoms with E-state index in [1.165, 1.54) is 4.57 Å². The number of hydrogen-bond acceptors (Lipinski definition) is 4. The highest BCUT2D eigenvalue weighted by molar-refractivity contribution is 5.79. The van der Waals surface area contributed by atoms with E-state index in [1.807, 2.05) is 11.5 Å². The number of nitrogens with one attached hydrogen (secondary N) is 1. The number of carboxylic acids is 1. The Kier molecular flexibility index (Phi) is 4.03. The first-order valence-corrected chi connectivity index (χ1v) is 7.45. The summed E-state index contributed by atoms with van der Waals surface area (Å²) in [5, 5.41) is 8.77. The zero-order valence-corrected chi connectivity index (χ0v) is 13.0. The first-order valence-electron chi connectivity index (χ1n) is 7.45. The van der Waals surface area contributed by atoms with Crippen molar-refractivity contribution >= 4 is 17.0 Å². The maximum absolute atomic E-state index is 12.2. The smallest absolute Gasteiger partial charge is 0.316 e. The number of nitrogens with zero attached hydrogens (tertiary/aromatic N) is 3. The van der Waals surface area contributed by atoms with E-state index in [4.69, 9.17) is 5.11 Å². The van der Waals surface area contributed by atoms with Crippen LogP contribution < -0.4 is 11.1 Å². The number of aryl methyl sites for hydroxylation is 2. The molecule has 8 nitrogen and oxygen atoms in total. The van der Waals surface area contributed by atoms with Crippen molar-refractivity contribution in [2.45, 2.75) is 26.3 Å². The van der Waals surface area contributed by atoms with Crippen LogP contribution in [0.1, 0.15) is 18.4 Å². The second-order valence-corrected chi connectivity index (χ2v) is 5.53. The van der Waals surface area contributed by atoms with E-state index in [1.54, 1.807) is 30.9 Å². The maximum atomic E-state index is 12.2. The van der Waals surface area contributed by atoms with Gasteiger partial charge in [-0.25, -0.2) is 4.98 Å². The topological polar surface area (TPSA) is 110 Å². The predicted octanol–water partition coefficient (Wildman–Crippen LogP) is 1.05. The average Bonchev–Trinajstić information content (AvgIpc) is 3.04. The van der Waals surface area contributed by atoms with E-state index < -0.39 is 17.1 Å². The fraction of sp³-hybridized carbons (Fsp3) is 0.250. The third-order valence-corrected chi connectivity index (χ3v) is 3.85. The van der Waals surface area contributed by atoms with Gasteiger partial charge >= 0.3 is 17.1 Å². The largest absolute Gasteiger partial charge is 0.481 e. The van der Waals surface area contributed by atoms with E-state index in [0.29, 0.717) is 11.0 Å². The number of benzene rings is 1. The van der Waals surface area contributed by atoms with Crippen molar-refractivity contribution in [2.75, 3.05) is 0 Å². The predicted molar refractivity (Wildman–Crippen MR) is 87.6 cm³/mol. The maximum Gasteiger partial charge on any atom is 0.316 e. The Morgan fingerprint density at radius 2 is 2.12 bits per heavy atom. The summed E-state index contributed by atoms with van der Waals surface area (Å²) in [5.41, 5.74) is 1.43. The van der Waals surface area contributed by atoms with Crippen LogP contribution in [0.5, 0.6) is 0 Å². The first kappa shape index (κ1) is 15.7. The molecule has 24 heavy (non-hydrogen) atoms. The SMILES string of the molecule is Cc1cc2[nH]c(=O)c(=O)n(CCCC(=O)O)c2cc1-n1ccnc1. The summed E-state index contributed by atoms with van der Waals surface area (Å²) in [5.74, 6) is -0.938. The molecule has 0 bridgehead atoms. The third-order valence-electron chi connectivity index (χ3n) is 3.85. The van der Waals surface area contributed by atoms with Crippen molar-refractivity contribution in [3.63, 3.8) is 0 Å². The molecule has 0 unspecified atom stereocenters. The van der Waals surface area contributed by atoms with Crippen molar-refractivity contribution in [2.24, 2.45) is 0 Å². The Morgan fingerprint density at radius 3 is 2.79 bits per heavy atom. The molecule has 0 amide bonds. The summed E-state index contributed by atoms with van der Waals surface area (Å²) in [7, 11) is 0. The number of aromatic nitrogens is 4. The number of imidazole rings is 1. The van der Waals surface area contributed by atoms with Crippen LogP contribution in [0.2, 0.25) is 0 Å². The molecule has 2 N–H and O–H groups in total. The molecule has 0 fully saturated rings. The Balaban J connectivity index is 2.18. The van der Waals surface area contributed by atoms with Gasteiger partial charge < -0.3 is 19.2 Å². The lowest BCUT2D eigenvalue weighted by Crippen LogP contribution is -2.36. The van der Waals surface area contributed by atoms with Gasteiger partial charge in [-0.1, -0.05) is 0 Å². The fourth-order valence-electron chi connectivity index (χ4n) is 2.71. The van der Waals surface area contributed by atoms with Crippen LogP contribution in [0.15, 0.2) is 40.4 Å². The summed E-state index contributed by atoms with van der Waals surface area (Å²) in [4.78, 5) is 41.3. The van der Waals surface area contributed by atoms with Gasteiger partial charge in [0.25, 0.3) is 0 Å². The van der Waals surface area contributed by atoms with Crippen molar-refractivity contribution in [3.8, 4) is 5.69 Å². The summed E-state index contributed by atoms with van der Waals surface area (Å²) < 4.78 is 3.14. The summed E-state index contributed by atoms with van der Waals surface area (Å²) >= 11 is 0. The zero-order valence-electron chi connectivity index (χ0n) is 13.0. The molecule has 124 valence electrons. The van der Waals surface area contributed by atoms with E-state index in [9.17, 15) is 14.4 Å². The minimum Gasteiger partial charge on any atom is -0.481 e. The lowest BCUT2D eigenvalue weighted by atomic mass is 10.1. The first-order chi connectivity index (χ1) is 11.5. The van der Waals surface area contributed by atoms with Crippen LogP contribution in [0.25, 0.3) is 16.7 Å². The number of hydrogen-bond donors (Lipinski definition) is 2. The Morgan fingerprint density at radius 1 is 1.33 bits per heavy atom. The van der Waals surface area contributed by atoms with Gasteiger partial charge in [0, 0.05) is 25.4 Å². The number of H-pyrrole nitrogens is 1. The van der Waals surface area contributed by atoms with Gasteiger partial charge in [-0.2, -0.15) is 0 Å². The summed E-state index contributed by atoms with van der Waals surface area (Å²) in [6.45, 7) is 2.06. The normalized spacial score (nSPS) is 11.0. The van der Waals surface area contributed by atoms with Crippen molar-refractivity contribution in [1.82, 2.24) is 19.1 Å². The molecule has 0 aliphatic heterocycles. The van der Waals surface area contributed by atoms with Gasteiger partial charge in [0.15, 0.2) is 0 Å². The van der Waals surface area contributed by atoms with Crippen molar-refractivity contribution < 1.29 is 9.90 Å². The summed E-state index contributed by atoms with van der Waals surface area (Å²) in [6, 6.07) is 3.59. The molecule has 0 atom stereocenters. The van der Waals surface area contributed by atoms with Gasteiger partial charge in [0.05, 0.1) is 23.0 Å². The lowest BCUT2D eigenvalue weighted by molar-refractivity contribution is -0.137. The van der Waals surface area contributed by atoms with Crippen molar-refractivity contribution in [1.29, 1.82) is 0 Å². The molecule has 0 radical (unpaired) electrons. The second kappa shape index (κ2) is 6.15. The second-order valence-electron chi connectivity index (χ2n) is 5.53. The number of carbonyl (C=O) groups is 1. The molecular weight excluding hydrogens is 312 g/mol. The number of rotatable bonds is 5. The van der Waals surface area contributed by atoms with Gasteiger partial charge in [0.1, 0.15) is 0 Å². The molecule has 3 aromatic rings. The Labute approximate surface area is 136 Å². The van der Waals surface area contributed by atoms with Crippen molar-refractivity contribution in [3.05, 3.63) is 57.1 Å². The standard InChI is InChI=1S/C16H16N4O4/c1-10-7-11-13(8-12(10)19-6-4-17-9-19)20(5-2-3-14(21)22)16(24)15(23)18-11/h4,6-9H,2-3,5H2,1H3,(H,18,23)(H,21,22). The zero-order chi connectivity index (χ0) is 17.3. The Hall–Kier alpha value is -3.16. The van der Waals surface area contributed by atoms with Gasteiger partial charge in [-0.15, -0.1) is 0 Å². The molecule has 0 aliphatic carbocycles. The molecule has 2 heterocycles. The molecule has 2 aromatic heterocycles. The van der Waals surface area contributed by atoms with Crippen LogP contribution in [0.4, 0.5) is 0 Å². The van der Waals surface area contributed by atoms with E-state index in [0.717, 1.165) is 11.3 Å². The number of aromatic amines is 1. The van der Waals surface area contributed by atoms with Crippen LogP contribution in [-0.4, -0.2) is 30.2 Å². The highest BCUT2D eigenvalue weighted by Gasteiger charge is 2.11. The third kappa shape index (κ3) is 2.85. The molecule has 0 saturated carbocycles. The minimum atomic E-state index is -0.938. The van der Waals surface area contributed by atoms with E-state index in [2.05, 4.69) is 9.97 Å². The quantitative estimate of drug-likeness (QED) is 0.680. The van der Waals surface area contributed by atoms with Crippen LogP contribution in [-0.2, 0) is 11.3 Å². The van der Waals surface area contributed by atoms with Gasteiger partial charge in [0.2, 0.25) is 0 Å². The lowest BCUT2D eigenvalue weighted by Gasteiger charge is -2.13. The molecule has 0 spiro atoms. The van der Waals surface area contributed by atoms with E-state index in [-0.39, 0.29) is 19.4 Å². The molecular formula is C16H16N4O4. The fourth-order valence-corrected chi connectivity index (χ4v) is 2.71. The highest BCUT2D eigenvalue weighted by Crippen LogP contribution is 2.20. The molecule has 0 aliphatic rings. The van der Waals surface area contributed by atoms with E-state index >= 15 is 0 Å². The highest BCUT2D eigenvalue weighted by atomic mass is 16.4. The van der Waals surface area contributed by atoms with Gasteiger partial charge in [-0.3, -0.25) is 14.4 Å². The van der Waals surface area contributed by atoms with Crippen LogP contribution in [0, 0.1) is 6.92 Å². The number of aliphatic carboxylic acids is 1. The Bertz CT molecular complexity index is 1010. The van der Waals surface area contributed by atoms with Crippen LogP contribution >= 0.6 is 0 Å². The molecule has 8 heteroatoms. The number of fused-ring (bicyclic) bond motifs is 1. The average molecular weight is 328 g/mol. The monoisotopic (exact) mass is 328 g/mol. The molecule has 0 saturated heterocycles. The van der Waals surface area contributed by atoms with Gasteiger partial charge in [-0.05, 0) is 31.0 Å². The summed E-state index contributed by atoms with van der Waals surface area (Å²) in [6.07, 6.45) is 5.28. The number of carboxylic acid groups (broad SMARTS) is 1. The minimum absolute atomic E-state index is 0.0685. The molecule has 3 rings (SSSR count).